The smallest absolute Gasteiger partial charge is 0.387 e. The van der Waals surface area contributed by atoms with Crippen LogP contribution >= 0.6 is 0 Å². The number of amides is 1. The number of hydrogen-bond acceptors (Lipinski definition) is 3. The number of alkyl halides is 2. The van der Waals surface area contributed by atoms with Crippen LogP contribution in [0, 0.1) is 0 Å². The average molecular weight is 270 g/mol. The molecule has 6 heteroatoms. The number of halogens is 2. The van der Waals surface area contributed by atoms with Gasteiger partial charge < -0.3 is 15.0 Å². The second kappa shape index (κ2) is 5.97. The van der Waals surface area contributed by atoms with Crippen molar-refractivity contribution in [2.75, 3.05) is 20.1 Å². The molecule has 1 aromatic rings. The van der Waals surface area contributed by atoms with Gasteiger partial charge in [-0.3, -0.25) is 4.79 Å². The van der Waals surface area contributed by atoms with E-state index in [-0.39, 0.29) is 11.7 Å². The molecular weight excluding hydrogens is 254 g/mol. The summed E-state index contributed by atoms with van der Waals surface area (Å²) in [6.07, 6.45) is 0.925. The Hall–Kier alpha value is -1.69. The predicted octanol–water partition coefficient (Wildman–Crippen LogP) is 1.72. The van der Waals surface area contributed by atoms with E-state index >= 15 is 0 Å². The average Bonchev–Trinajstić information content (AvgIpc) is 2.87. The van der Waals surface area contributed by atoms with E-state index in [2.05, 4.69) is 10.1 Å². The van der Waals surface area contributed by atoms with Gasteiger partial charge in [0.2, 0.25) is 0 Å². The van der Waals surface area contributed by atoms with E-state index in [1.165, 1.54) is 24.3 Å². The van der Waals surface area contributed by atoms with Gasteiger partial charge in [0.05, 0.1) is 0 Å². The van der Waals surface area contributed by atoms with Gasteiger partial charge in [0, 0.05) is 24.7 Å². The first-order valence-electron chi connectivity index (χ1n) is 6.11. The van der Waals surface area contributed by atoms with Crippen LogP contribution < -0.4 is 10.1 Å². The van der Waals surface area contributed by atoms with E-state index in [9.17, 15) is 13.6 Å². The lowest BCUT2D eigenvalue weighted by Gasteiger charge is -2.16. The summed E-state index contributed by atoms with van der Waals surface area (Å²) in [6, 6.07) is 6.10. The van der Waals surface area contributed by atoms with Gasteiger partial charge in [0.1, 0.15) is 5.75 Å². The van der Waals surface area contributed by atoms with Gasteiger partial charge in [-0.15, -0.1) is 0 Å². The number of nitrogens with one attached hydrogen (secondary N) is 1. The Morgan fingerprint density at radius 1 is 1.42 bits per heavy atom. The second-order valence-corrected chi connectivity index (χ2v) is 4.43. The summed E-state index contributed by atoms with van der Waals surface area (Å²) in [6.45, 7) is -1.47. The van der Waals surface area contributed by atoms with Crippen LogP contribution in [0.1, 0.15) is 16.8 Å². The maximum atomic E-state index is 12.2. The third-order valence-corrected chi connectivity index (χ3v) is 3.21. The molecule has 1 atom stereocenters. The van der Waals surface area contributed by atoms with E-state index in [4.69, 9.17) is 0 Å². The summed E-state index contributed by atoms with van der Waals surface area (Å²) in [5.74, 6) is -0.0255. The highest BCUT2D eigenvalue weighted by Crippen LogP contribution is 2.18. The molecule has 0 radical (unpaired) electrons. The number of nitrogens with zero attached hydrogens (tertiary/aromatic N) is 1. The highest BCUT2D eigenvalue weighted by Gasteiger charge is 2.25. The van der Waals surface area contributed by atoms with Crippen molar-refractivity contribution in [2.24, 2.45) is 0 Å². The van der Waals surface area contributed by atoms with Crippen LogP contribution in [0.4, 0.5) is 8.78 Å². The van der Waals surface area contributed by atoms with Gasteiger partial charge in [-0.2, -0.15) is 8.78 Å². The molecule has 0 aromatic heterocycles. The Bertz CT molecular complexity index is 437. The van der Waals surface area contributed by atoms with Crippen molar-refractivity contribution in [3.8, 4) is 5.75 Å². The number of carbonyl (C=O) groups is 1. The number of benzene rings is 1. The van der Waals surface area contributed by atoms with Crippen molar-refractivity contribution < 1.29 is 18.3 Å². The fraction of sp³-hybridized carbons (Fsp3) is 0.462. The SMILES string of the molecule is CNC1CCN(C(=O)c2ccc(OC(F)F)cc2)C1. The molecule has 2 rings (SSSR count). The summed E-state index contributed by atoms with van der Waals surface area (Å²) in [5, 5.41) is 3.13. The first-order valence-corrected chi connectivity index (χ1v) is 6.11. The molecule has 0 aliphatic carbocycles. The summed E-state index contributed by atoms with van der Waals surface area (Å²) in [7, 11) is 1.87. The van der Waals surface area contributed by atoms with Crippen LogP contribution in [-0.4, -0.2) is 43.6 Å². The number of likely N-dealkylation sites (N-methyl/N-ethyl adjacent to an activating group) is 1. The summed E-state index contributed by atoms with van der Waals surface area (Å²) >= 11 is 0. The van der Waals surface area contributed by atoms with Crippen LogP contribution in [0.5, 0.6) is 5.75 Å². The molecule has 1 fully saturated rings. The van der Waals surface area contributed by atoms with E-state index < -0.39 is 6.61 Å². The van der Waals surface area contributed by atoms with Crippen molar-refractivity contribution in [1.82, 2.24) is 10.2 Å². The van der Waals surface area contributed by atoms with Crippen molar-refractivity contribution in [3.63, 3.8) is 0 Å². The minimum absolute atomic E-state index is 0.0565. The Kier molecular flexibility index (Phi) is 4.31. The Labute approximate surface area is 110 Å². The highest BCUT2D eigenvalue weighted by atomic mass is 19.3. The van der Waals surface area contributed by atoms with E-state index in [0.717, 1.165) is 6.42 Å². The molecule has 1 heterocycles. The van der Waals surface area contributed by atoms with Crippen molar-refractivity contribution in [3.05, 3.63) is 29.8 Å². The minimum Gasteiger partial charge on any atom is -0.435 e. The normalized spacial score (nSPS) is 18.9. The van der Waals surface area contributed by atoms with Crippen LogP contribution in [0.3, 0.4) is 0 Å². The van der Waals surface area contributed by atoms with Gasteiger partial charge in [-0.05, 0) is 37.7 Å². The maximum absolute atomic E-state index is 12.2. The molecule has 0 saturated carbocycles. The topological polar surface area (TPSA) is 41.6 Å². The fourth-order valence-electron chi connectivity index (χ4n) is 2.14. The molecule has 104 valence electrons. The molecule has 1 aliphatic rings. The molecule has 1 unspecified atom stereocenters. The zero-order chi connectivity index (χ0) is 13.8. The zero-order valence-electron chi connectivity index (χ0n) is 10.6. The molecule has 1 saturated heterocycles. The zero-order valence-corrected chi connectivity index (χ0v) is 10.6. The molecule has 0 spiro atoms. The Morgan fingerprint density at radius 2 is 2.11 bits per heavy atom. The molecule has 4 nitrogen and oxygen atoms in total. The van der Waals surface area contributed by atoms with Crippen LogP contribution in [0.15, 0.2) is 24.3 Å². The number of carbonyl (C=O) groups excluding carboxylic acids is 1. The third-order valence-electron chi connectivity index (χ3n) is 3.21. The molecule has 1 aliphatic heterocycles. The molecule has 19 heavy (non-hydrogen) atoms. The molecule has 1 aromatic carbocycles. The Morgan fingerprint density at radius 3 is 2.63 bits per heavy atom. The number of rotatable bonds is 4. The number of likely N-dealkylation sites (tertiary alicyclic amines) is 1. The van der Waals surface area contributed by atoms with Crippen LogP contribution in [0.2, 0.25) is 0 Å². The lowest BCUT2D eigenvalue weighted by Crippen LogP contribution is -2.33. The van der Waals surface area contributed by atoms with Crippen molar-refractivity contribution >= 4 is 5.91 Å². The van der Waals surface area contributed by atoms with Gasteiger partial charge in [0.25, 0.3) is 5.91 Å². The monoisotopic (exact) mass is 270 g/mol. The number of ether oxygens (including phenoxy) is 1. The lowest BCUT2D eigenvalue weighted by molar-refractivity contribution is -0.0498. The second-order valence-electron chi connectivity index (χ2n) is 4.43. The van der Waals surface area contributed by atoms with Crippen LogP contribution in [0.25, 0.3) is 0 Å². The van der Waals surface area contributed by atoms with E-state index in [1.807, 2.05) is 7.05 Å². The first-order chi connectivity index (χ1) is 9.10. The first kappa shape index (κ1) is 13.7. The minimum atomic E-state index is -2.85. The van der Waals surface area contributed by atoms with Gasteiger partial charge >= 0.3 is 6.61 Å². The fourth-order valence-corrected chi connectivity index (χ4v) is 2.14. The van der Waals surface area contributed by atoms with Gasteiger partial charge in [-0.25, -0.2) is 0 Å². The highest BCUT2D eigenvalue weighted by molar-refractivity contribution is 5.94. The molecule has 1 amide bonds. The maximum Gasteiger partial charge on any atom is 0.387 e. The standard InChI is InChI=1S/C13H16F2N2O2/c1-16-10-6-7-17(8-10)12(18)9-2-4-11(5-3-9)19-13(14)15/h2-5,10,13,16H,6-8H2,1H3. The van der Waals surface area contributed by atoms with Crippen molar-refractivity contribution in [2.45, 2.75) is 19.1 Å². The summed E-state index contributed by atoms with van der Waals surface area (Å²) < 4.78 is 28.2. The quantitative estimate of drug-likeness (QED) is 0.905. The van der Waals surface area contributed by atoms with Gasteiger partial charge in [-0.1, -0.05) is 0 Å². The summed E-state index contributed by atoms with van der Waals surface area (Å²) in [5.41, 5.74) is 0.485. The Balaban J connectivity index is 2.00. The predicted molar refractivity (Wildman–Crippen MR) is 66.4 cm³/mol. The lowest BCUT2D eigenvalue weighted by atomic mass is 10.2. The molecule has 0 bridgehead atoms. The number of hydrogen-bond donors (Lipinski definition) is 1. The van der Waals surface area contributed by atoms with Crippen molar-refractivity contribution in [1.29, 1.82) is 0 Å². The van der Waals surface area contributed by atoms with E-state index in [1.54, 1.807) is 4.90 Å². The summed E-state index contributed by atoms with van der Waals surface area (Å²) in [4.78, 5) is 13.9. The third kappa shape index (κ3) is 3.41. The largest absolute Gasteiger partial charge is 0.435 e. The molecule has 1 N–H and O–H groups in total. The molecular formula is C13H16F2N2O2. The van der Waals surface area contributed by atoms with Crippen LogP contribution in [-0.2, 0) is 0 Å². The van der Waals surface area contributed by atoms with Gasteiger partial charge in [0.15, 0.2) is 0 Å². The van der Waals surface area contributed by atoms with E-state index in [0.29, 0.717) is 24.7 Å².